The molecule has 5 aromatic rings. The van der Waals surface area contributed by atoms with Gasteiger partial charge >= 0.3 is 5.63 Å². The zero-order chi connectivity index (χ0) is 24.6. The van der Waals surface area contributed by atoms with Crippen molar-refractivity contribution in [3.63, 3.8) is 0 Å². The lowest BCUT2D eigenvalue weighted by Gasteiger charge is -2.12. The number of carbonyl (C=O) groups is 1. The molecule has 3 aromatic carbocycles. The molecule has 0 radical (unpaired) electrons. The van der Waals surface area contributed by atoms with Crippen LogP contribution >= 0.6 is 15.9 Å². The number of benzene rings is 3. The van der Waals surface area contributed by atoms with Crippen molar-refractivity contribution in [1.82, 2.24) is 4.98 Å². The maximum Gasteiger partial charge on any atom is 0.336 e. The quantitative estimate of drug-likeness (QED) is 0.292. The number of nitrogens with one attached hydrogen (secondary N) is 2. The summed E-state index contributed by atoms with van der Waals surface area (Å²) in [4.78, 5) is 28.5. The summed E-state index contributed by atoms with van der Waals surface area (Å²) in [6, 6.07) is 21.3. The molecule has 0 aliphatic heterocycles. The lowest BCUT2D eigenvalue weighted by atomic mass is 10.1. The van der Waals surface area contributed by atoms with Gasteiger partial charge in [0, 0.05) is 39.3 Å². The van der Waals surface area contributed by atoms with E-state index in [4.69, 9.17) is 4.42 Å². The van der Waals surface area contributed by atoms with Crippen molar-refractivity contribution in [3.8, 4) is 0 Å². The highest BCUT2D eigenvalue weighted by Gasteiger charge is 2.19. The van der Waals surface area contributed by atoms with Crippen molar-refractivity contribution < 1.29 is 17.6 Å². The van der Waals surface area contributed by atoms with Crippen molar-refractivity contribution >= 4 is 65.0 Å². The number of pyridine rings is 1. The Morgan fingerprint density at radius 1 is 0.914 bits per heavy atom. The van der Waals surface area contributed by atoms with Gasteiger partial charge in [-0.3, -0.25) is 9.52 Å². The number of anilines is 2. The molecule has 8 nitrogen and oxygen atoms in total. The molecule has 35 heavy (non-hydrogen) atoms. The third-order valence-electron chi connectivity index (χ3n) is 5.25. The average molecular weight is 550 g/mol. The number of hydrogen-bond donors (Lipinski definition) is 2. The number of halogens is 1. The van der Waals surface area contributed by atoms with E-state index in [9.17, 15) is 18.0 Å². The summed E-state index contributed by atoms with van der Waals surface area (Å²) < 4.78 is 34.8. The van der Waals surface area contributed by atoms with Crippen molar-refractivity contribution in [2.45, 2.75) is 5.03 Å². The normalized spacial score (nSPS) is 11.5. The number of nitrogens with zero attached hydrogens (tertiary/aromatic N) is 1. The number of sulfonamides is 1. The fourth-order valence-electron chi connectivity index (χ4n) is 3.63. The van der Waals surface area contributed by atoms with Gasteiger partial charge in [-0.25, -0.2) is 9.78 Å². The number of amides is 1. The molecule has 174 valence electrons. The number of aromatic nitrogens is 1. The van der Waals surface area contributed by atoms with Crippen LogP contribution in [-0.2, 0) is 10.0 Å². The van der Waals surface area contributed by atoms with E-state index in [0.29, 0.717) is 16.5 Å². The van der Waals surface area contributed by atoms with Crippen LogP contribution in [0.4, 0.5) is 11.4 Å². The Balaban J connectivity index is 1.44. The van der Waals surface area contributed by atoms with Crippen LogP contribution in [0.3, 0.4) is 0 Å². The third kappa shape index (κ3) is 4.66. The minimum absolute atomic E-state index is 0.140. The molecular formula is C25H16BrN3O5S. The van der Waals surface area contributed by atoms with E-state index in [1.807, 2.05) is 24.3 Å². The van der Waals surface area contributed by atoms with Gasteiger partial charge in [-0.2, -0.15) is 8.42 Å². The monoisotopic (exact) mass is 549 g/mol. The number of para-hydroxylation sites is 1. The predicted octanol–water partition coefficient (Wildman–Crippen LogP) is 5.16. The van der Waals surface area contributed by atoms with Gasteiger partial charge in [-0.05, 0) is 41.8 Å². The van der Waals surface area contributed by atoms with E-state index in [2.05, 4.69) is 31.0 Å². The Hall–Kier alpha value is -4.02. The van der Waals surface area contributed by atoms with Gasteiger partial charge in [0.2, 0.25) is 0 Å². The van der Waals surface area contributed by atoms with E-state index in [0.717, 1.165) is 9.86 Å². The SMILES string of the molecule is O=C(Nc1ccnc(S(=O)(=O)Nc2cccc3ccc(Br)cc23)c1)c1cccc2ccc(=O)oc12. The molecule has 2 N–H and O–H groups in total. The third-order valence-corrected chi connectivity index (χ3v) is 7.00. The van der Waals surface area contributed by atoms with Gasteiger partial charge in [-0.1, -0.05) is 46.3 Å². The van der Waals surface area contributed by atoms with Crippen LogP contribution in [0.2, 0.25) is 0 Å². The molecule has 0 saturated carbocycles. The molecule has 2 aromatic heterocycles. The van der Waals surface area contributed by atoms with Gasteiger partial charge in [0.25, 0.3) is 15.9 Å². The molecule has 0 bridgehead atoms. The largest absolute Gasteiger partial charge is 0.422 e. The maximum absolute atomic E-state index is 13.1. The summed E-state index contributed by atoms with van der Waals surface area (Å²) in [6.45, 7) is 0. The minimum atomic E-state index is -4.07. The van der Waals surface area contributed by atoms with Crippen molar-refractivity contribution in [3.05, 3.63) is 106 Å². The molecule has 0 atom stereocenters. The summed E-state index contributed by atoms with van der Waals surface area (Å²) >= 11 is 3.41. The second-order valence-electron chi connectivity index (χ2n) is 7.59. The van der Waals surface area contributed by atoms with Crippen LogP contribution in [-0.4, -0.2) is 19.3 Å². The molecule has 0 aliphatic carbocycles. The van der Waals surface area contributed by atoms with Crippen LogP contribution in [0.15, 0.2) is 104 Å². The van der Waals surface area contributed by atoms with Crippen molar-refractivity contribution in [2.75, 3.05) is 10.0 Å². The van der Waals surface area contributed by atoms with E-state index in [1.54, 1.807) is 30.3 Å². The zero-order valence-corrected chi connectivity index (χ0v) is 20.3. The van der Waals surface area contributed by atoms with Crippen LogP contribution in [0, 0.1) is 0 Å². The second kappa shape index (κ2) is 8.97. The first kappa shape index (κ1) is 22.8. The number of rotatable bonds is 5. The molecule has 0 spiro atoms. The minimum Gasteiger partial charge on any atom is -0.422 e. The molecule has 10 heteroatoms. The first-order chi connectivity index (χ1) is 16.8. The Bertz CT molecular complexity index is 1780. The Labute approximate surface area is 207 Å². The number of carbonyl (C=O) groups excluding carboxylic acids is 1. The summed E-state index contributed by atoms with van der Waals surface area (Å²) in [7, 11) is -4.07. The van der Waals surface area contributed by atoms with E-state index >= 15 is 0 Å². The molecular weight excluding hydrogens is 534 g/mol. The van der Waals surface area contributed by atoms with Crippen molar-refractivity contribution in [2.24, 2.45) is 0 Å². The fourth-order valence-corrected chi connectivity index (χ4v) is 5.05. The molecule has 0 saturated heterocycles. The Morgan fingerprint density at radius 3 is 2.54 bits per heavy atom. The first-order valence-corrected chi connectivity index (χ1v) is 12.6. The van der Waals surface area contributed by atoms with Crippen LogP contribution < -0.4 is 15.7 Å². The molecule has 5 rings (SSSR count). The lowest BCUT2D eigenvalue weighted by Crippen LogP contribution is -2.17. The lowest BCUT2D eigenvalue weighted by molar-refractivity contribution is 0.102. The summed E-state index contributed by atoms with van der Waals surface area (Å²) in [5, 5.41) is 4.54. The molecule has 1 amide bonds. The van der Waals surface area contributed by atoms with Gasteiger partial charge in [0.15, 0.2) is 10.6 Å². The fraction of sp³-hybridized carbons (Fsp3) is 0. The highest BCUT2D eigenvalue weighted by Crippen LogP contribution is 2.28. The van der Waals surface area contributed by atoms with Gasteiger partial charge in [-0.15, -0.1) is 0 Å². The van der Waals surface area contributed by atoms with Gasteiger partial charge in [0.1, 0.15) is 0 Å². The highest BCUT2D eigenvalue weighted by atomic mass is 79.9. The van der Waals surface area contributed by atoms with E-state index in [-0.39, 0.29) is 21.9 Å². The van der Waals surface area contributed by atoms with Crippen LogP contribution in [0.5, 0.6) is 0 Å². The molecule has 2 heterocycles. The smallest absolute Gasteiger partial charge is 0.336 e. The van der Waals surface area contributed by atoms with Crippen molar-refractivity contribution in [1.29, 1.82) is 0 Å². The average Bonchev–Trinajstić information content (AvgIpc) is 2.84. The summed E-state index contributed by atoms with van der Waals surface area (Å²) in [6.07, 6.45) is 1.28. The predicted molar refractivity (Wildman–Crippen MR) is 137 cm³/mol. The molecule has 0 unspecified atom stereocenters. The maximum atomic E-state index is 13.1. The number of fused-ring (bicyclic) bond motifs is 2. The van der Waals surface area contributed by atoms with Gasteiger partial charge < -0.3 is 9.73 Å². The molecule has 0 aliphatic rings. The number of hydrogen-bond acceptors (Lipinski definition) is 6. The van der Waals surface area contributed by atoms with E-state index in [1.165, 1.54) is 30.5 Å². The van der Waals surface area contributed by atoms with E-state index < -0.39 is 21.6 Å². The highest BCUT2D eigenvalue weighted by molar-refractivity contribution is 9.10. The summed E-state index contributed by atoms with van der Waals surface area (Å²) in [5.41, 5.74) is 0.304. The Morgan fingerprint density at radius 2 is 1.69 bits per heavy atom. The molecule has 0 fully saturated rings. The zero-order valence-electron chi connectivity index (χ0n) is 17.9. The van der Waals surface area contributed by atoms with Gasteiger partial charge in [0.05, 0.1) is 11.3 Å². The second-order valence-corrected chi connectivity index (χ2v) is 10.1. The Kier molecular flexibility index (Phi) is 5.83. The standard InChI is InChI=1S/C25H16BrN3O5S/c26-17-9-7-15-3-2-6-21(20(15)13-17)29-35(32,33)22-14-18(11-12-27-22)28-25(31)19-5-1-4-16-8-10-23(30)34-24(16)19/h1-14,29H,(H,27,28,31). The topological polar surface area (TPSA) is 118 Å². The first-order valence-electron chi connectivity index (χ1n) is 10.3. The van der Waals surface area contributed by atoms with Crippen LogP contribution in [0.25, 0.3) is 21.7 Å². The summed E-state index contributed by atoms with van der Waals surface area (Å²) in [5.74, 6) is -0.564. The van der Waals surface area contributed by atoms with Crippen LogP contribution in [0.1, 0.15) is 10.4 Å².